The molecule has 6 heavy (non-hydrogen) atoms. The molecule has 0 radical (unpaired) electrons. The molecule has 0 amide bonds. The molecule has 0 heterocycles. The van der Waals surface area contributed by atoms with Crippen molar-refractivity contribution in [2.24, 2.45) is 0 Å². The molecule has 0 aliphatic carbocycles. The Morgan fingerprint density at radius 3 is 2.17 bits per heavy atom. The first-order valence-corrected chi connectivity index (χ1v) is 1.85. The van der Waals surface area contributed by atoms with Gasteiger partial charge in [0.15, 0.2) is 0 Å². The number of carbonyl (C=O) groups is 1. The van der Waals surface area contributed by atoms with Crippen LogP contribution in [0.4, 0.5) is 0 Å². The molecule has 0 aromatic carbocycles. The van der Waals surface area contributed by atoms with Gasteiger partial charge in [0.1, 0.15) is 6.29 Å². The van der Waals surface area contributed by atoms with Gasteiger partial charge in [0.05, 0.1) is 0 Å². The second-order valence-electron chi connectivity index (χ2n) is 0.955. The van der Waals surface area contributed by atoms with Crippen molar-refractivity contribution in [3.63, 3.8) is 0 Å². The fourth-order valence-corrected chi connectivity index (χ4v) is 0.118. The molecule has 0 bridgehead atoms. The van der Waals surface area contributed by atoms with Gasteiger partial charge in [-0.05, 0) is 6.42 Å². The van der Waals surface area contributed by atoms with Crippen molar-refractivity contribution in [3.05, 3.63) is 0 Å². The van der Waals surface area contributed by atoms with Crippen LogP contribution < -0.4 is 0 Å². The third-order valence-electron chi connectivity index (χ3n) is 0.407. The van der Waals surface area contributed by atoms with Crippen LogP contribution in [0.3, 0.4) is 0 Å². The zero-order valence-corrected chi connectivity index (χ0v) is 7.11. The summed E-state index contributed by atoms with van der Waals surface area (Å²) in [5.74, 6) is 0. The van der Waals surface area contributed by atoms with Gasteiger partial charge in [-0.2, -0.15) is 0 Å². The minimum Gasteiger partial charge on any atom is -0.303 e. The predicted octanol–water partition coefficient (Wildman–Crippen LogP) is 0.985. The molecule has 34 valence electrons. The molecular weight excluding hydrogens is 208 g/mol. The predicted molar refractivity (Wildman–Crippen MR) is 21.0 cm³/mol. The van der Waals surface area contributed by atoms with Crippen LogP contribution in [0.1, 0.15) is 19.8 Å². The minimum absolute atomic E-state index is 0. The fourth-order valence-electron chi connectivity index (χ4n) is 0.118. The Balaban J connectivity index is 0. The van der Waals surface area contributed by atoms with Crippen LogP contribution in [-0.2, 0) is 4.79 Å². The Hall–Kier alpha value is 1.02. The van der Waals surface area contributed by atoms with Crippen molar-refractivity contribution in [1.82, 2.24) is 0 Å². The number of rotatable bonds is 2. The van der Waals surface area contributed by atoms with Crippen molar-refractivity contribution in [2.45, 2.75) is 19.8 Å². The van der Waals surface area contributed by atoms with E-state index in [4.69, 9.17) is 0 Å². The summed E-state index contributed by atoms with van der Waals surface area (Å²) in [6.45, 7) is 1.98. The first kappa shape index (κ1) is 10.1. The quantitative estimate of drug-likeness (QED) is 0.629. The largest absolute Gasteiger partial charge is 0.303 e. The summed E-state index contributed by atoms with van der Waals surface area (Å²) in [4.78, 5) is 9.40. The maximum atomic E-state index is 9.40. The maximum Gasteiger partial charge on any atom is 0.119 e. The van der Waals surface area contributed by atoms with E-state index >= 15 is 0 Å². The molecule has 0 rings (SSSR count). The normalized spacial score (nSPS) is 6.17. The monoisotopic (exact) mass is 214 g/mol. The van der Waals surface area contributed by atoms with E-state index in [1.807, 2.05) is 6.92 Å². The van der Waals surface area contributed by atoms with E-state index < -0.39 is 0 Å². The third kappa shape index (κ3) is 8.90. The molecule has 0 atom stereocenters. The number of unbranched alkanes of at least 4 members (excludes halogenated alkanes) is 1. The van der Waals surface area contributed by atoms with Crippen LogP contribution >= 0.6 is 0 Å². The molecule has 0 unspecified atom stereocenters. The number of carbonyl (C=O) groups excluding carboxylic acids is 1. The van der Waals surface area contributed by atoms with E-state index in [1.54, 1.807) is 0 Å². The Kier molecular flexibility index (Phi) is 15.8. The molecule has 0 aromatic heterocycles. The fraction of sp³-hybridized carbons (Fsp3) is 0.750. The summed E-state index contributed by atoms with van der Waals surface area (Å²) >= 11 is 0. The second kappa shape index (κ2) is 9.39. The average Bonchev–Trinajstić information content (AvgIpc) is 1.41. The van der Waals surface area contributed by atoms with Crippen molar-refractivity contribution in [1.29, 1.82) is 0 Å². The average molecular weight is 216 g/mol. The van der Waals surface area contributed by atoms with Gasteiger partial charge in [0.25, 0.3) is 0 Å². The van der Waals surface area contributed by atoms with Gasteiger partial charge in [0.2, 0.25) is 0 Å². The second-order valence-corrected chi connectivity index (χ2v) is 0.955. The molecular formula is C4H8NdO. The van der Waals surface area contributed by atoms with Crippen LogP contribution in [0.2, 0.25) is 0 Å². The number of hydrogen-bond donors (Lipinski definition) is 0. The third-order valence-corrected chi connectivity index (χ3v) is 0.407. The molecule has 0 aliphatic heterocycles. The summed E-state index contributed by atoms with van der Waals surface area (Å²) in [5.41, 5.74) is 0. The molecule has 0 saturated heterocycles. The molecule has 2 heteroatoms. The Morgan fingerprint density at radius 2 is 2.17 bits per heavy atom. The standard InChI is InChI=1S/C4H8O.Nd/c1-2-3-4-5;/h4H,2-3H2,1H3;. The molecule has 0 aromatic rings. The first-order valence-electron chi connectivity index (χ1n) is 1.85. The molecule has 0 fully saturated rings. The summed E-state index contributed by atoms with van der Waals surface area (Å²) in [6, 6.07) is 0. The van der Waals surface area contributed by atoms with Gasteiger partial charge in [0, 0.05) is 47.3 Å². The molecule has 0 aliphatic rings. The molecule has 1 nitrogen and oxygen atoms in total. The van der Waals surface area contributed by atoms with E-state index in [-0.39, 0.29) is 40.8 Å². The Bertz CT molecular complexity index is 28.7. The molecule has 0 saturated carbocycles. The van der Waals surface area contributed by atoms with Crippen molar-refractivity contribution >= 4 is 6.29 Å². The van der Waals surface area contributed by atoms with E-state index in [9.17, 15) is 4.79 Å². The van der Waals surface area contributed by atoms with Crippen LogP contribution in [0.5, 0.6) is 0 Å². The Morgan fingerprint density at radius 1 is 1.67 bits per heavy atom. The summed E-state index contributed by atoms with van der Waals surface area (Å²) < 4.78 is 0. The topological polar surface area (TPSA) is 17.1 Å². The van der Waals surface area contributed by atoms with E-state index in [0.717, 1.165) is 12.7 Å². The zero-order chi connectivity index (χ0) is 4.12. The van der Waals surface area contributed by atoms with E-state index in [1.165, 1.54) is 0 Å². The van der Waals surface area contributed by atoms with E-state index in [0.29, 0.717) is 6.42 Å². The van der Waals surface area contributed by atoms with Gasteiger partial charge in [-0.1, -0.05) is 6.92 Å². The van der Waals surface area contributed by atoms with Crippen molar-refractivity contribution < 1.29 is 45.6 Å². The summed E-state index contributed by atoms with van der Waals surface area (Å²) in [6.07, 6.45) is 2.61. The summed E-state index contributed by atoms with van der Waals surface area (Å²) in [5, 5.41) is 0. The van der Waals surface area contributed by atoms with Gasteiger partial charge in [-0.15, -0.1) is 0 Å². The van der Waals surface area contributed by atoms with Crippen molar-refractivity contribution in [2.75, 3.05) is 0 Å². The van der Waals surface area contributed by atoms with Crippen LogP contribution in [0.15, 0.2) is 0 Å². The number of aldehydes is 1. The molecule has 0 spiro atoms. The smallest absolute Gasteiger partial charge is 0.119 e. The first-order chi connectivity index (χ1) is 2.41. The zero-order valence-electron chi connectivity index (χ0n) is 3.90. The van der Waals surface area contributed by atoms with E-state index in [2.05, 4.69) is 0 Å². The van der Waals surface area contributed by atoms with Gasteiger partial charge >= 0.3 is 0 Å². The van der Waals surface area contributed by atoms with Crippen LogP contribution in [0.25, 0.3) is 0 Å². The van der Waals surface area contributed by atoms with Gasteiger partial charge < -0.3 is 4.79 Å². The van der Waals surface area contributed by atoms with Crippen LogP contribution in [-0.4, -0.2) is 6.29 Å². The number of hydrogen-bond acceptors (Lipinski definition) is 1. The minimum atomic E-state index is 0. The summed E-state index contributed by atoms with van der Waals surface area (Å²) in [7, 11) is 0. The Labute approximate surface area is 71.0 Å². The van der Waals surface area contributed by atoms with Crippen LogP contribution in [0, 0.1) is 40.8 Å². The van der Waals surface area contributed by atoms with Gasteiger partial charge in [-0.25, -0.2) is 0 Å². The molecule has 0 N–H and O–H groups in total. The SMILES string of the molecule is CCCC=O.[Nd]. The van der Waals surface area contributed by atoms with Gasteiger partial charge in [-0.3, -0.25) is 0 Å². The van der Waals surface area contributed by atoms with Crippen molar-refractivity contribution in [3.8, 4) is 0 Å². The maximum absolute atomic E-state index is 9.40.